The Labute approximate surface area is 112 Å². The molecule has 0 aliphatic carbocycles. The summed E-state index contributed by atoms with van der Waals surface area (Å²) in [6.07, 6.45) is 0. The summed E-state index contributed by atoms with van der Waals surface area (Å²) in [5.74, 6) is 0. The van der Waals surface area contributed by atoms with Crippen LogP contribution in [0.2, 0.25) is 5.02 Å². The van der Waals surface area contributed by atoms with Crippen LogP contribution in [0.4, 0.5) is 0 Å². The lowest BCUT2D eigenvalue weighted by atomic mass is 10.2. The van der Waals surface area contributed by atoms with E-state index in [0.29, 0.717) is 0 Å². The summed E-state index contributed by atoms with van der Waals surface area (Å²) >= 11 is 11.2. The normalized spacial score (nSPS) is 12.8. The van der Waals surface area contributed by atoms with Gasteiger partial charge in [-0.2, -0.15) is 0 Å². The molecular formula is C12H11BrClNS. The van der Waals surface area contributed by atoms with Crippen molar-refractivity contribution >= 4 is 38.9 Å². The predicted molar refractivity (Wildman–Crippen MR) is 75.1 cm³/mol. The van der Waals surface area contributed by atoms with E-state index in [4.69, 9.17) is 17.3 Å². The van der Waals surface area contributed by atoms with Crippen molar-refractivity contribution in [2.24, 2.45) is 5.73 Å². The zero-order valence-corrected chi connectivity index (χ0v) is 11.9. The van der Waals surface area contributed by atoms with Gasteiger partial charge < -0.3 is 5.73 Å². The van der Waals surface area contributed by atoms with Gasteiger partial charge in [-0.25, -0.2) is 0 Å². The first-order valence-corrected chi connectivity index (χ1v) is 6.87. The maximum absolute atomic E-state index is 5.91. The van der Waals surface area contributed by atoms with E-state index >= 15 is 0 Å². The molecule has 0 saturated carbocycles. The van der Waals surface area contributed by atoms with Gasteiger partial charge in [0.25, 0.3) is 0 Å². The Bertz CT molecular complexity index is 507. The average molecular weight is 317 g/mol. The molecule has 0 fully saturated rings. The zero-order chi connectivity index (χ0) is 11.7. The summed E-state index contributed by atoms with van der Waals surface area (Å²) < 4.78 is 1.01. The van der Waals surface area contributed by atoms with E-state index < -0.39 is 0 Å². The molecular weight excluding hydrogens is 306 g/mol. The minimum absolute atomic E-state index is 0.0878. The van der Waals surface area contributed by atoms with E-state index in [0.717, 1.165) is 15.1 Å². The summed E-state index contributed by atoms with van der Waals surface area (Å²) in [5.41, 5.74) is 7.00. The summed E-state index contributed by atoms with van der Waals surface area (Å²) in [6.45, 7) is 1.99. The molecule has 0 amide bonds. The first-order valence-electron chi connectivity index (χ1n) is 4.88. The minimum atomic E-state index is 0.0878. The molecule has 4 heteroatoms. The fourth-order valence-corrected chi connectivity index (χ4v) is 3.46. The van der Waals surface area contributed by atoms with Crippen LogP contribution < -0.4 is 5.73 Å². The maximum atomic E-state index is 5.91. The number of thiophene rings is 1. The largest absolute Gasteiger partial charge is 0.324 e. The topological polar surface area (TPSA) is 26.0 Å². The van der Waals surface area contributed by atoms with Crippen LogP contribution in [0.15, 0.2) is 34.8 Å². The first kappa shape index (κ1) is 12.1. The van der Waals surface area contributed by atoms with Gasteiger partial charge in [-0.05, 0) is 31.2 Å². The van der Waals surface area contributed by atoms with Crippen molar-refractivity contribution in [3.8, 4) is 10.4 Å². The highest BCUT2D eigenvalue weighted by molar-refractivity contribution is 9.10. The molecule has 0 radical (unpaired) electrons. The molecule has 1 unspecified atom stereocenters. The third-order valence-electron chi connectivity index (χ3n) is 2.27. The monoisotopic (exact) mass is 315 g/mol. The van der Waals surface area contributed by atoms with Crippen LogP contribution >= 0.6 is 38.9 Å². The van der Waals surface area contributed by atoms with Crippen LogP contribution in [-0.4, -0.2) is 0 Å². The van der Waals surface area contributed by atoms with E-state index in [1.54, 1.807) is 11.3 Å². The van der Waals surface area contributed by atoms with Crippen molar-refractivity contribution in [1.29, 1.82) is 0 Å². The van der Waals surface area contributed by atoms with Crippen LogP contribution in [0.25, 0.3) is 10.4 Å². The van der Waals surface area contributed by atoms with E-state index in [1.807, 2.05) is 25.1 Å². The quantitative estimate of drug-likeness (QED) is 0.842. The molecule has 1 nitrogen and oxygen atoms in total. The highest BCUT2D eigenvalue weighted by Gasteiger charge is 2.08. The molecule has 0 aliphatic heterocycles. The molecule has 2 rings (SSSR count). The number of hydrogen-bond donors (Lipinski definition) is 1. The van der Waals surface area contributed by atoms with Crippen molar-refractivity contribution in [2.45, 2.75) is 13.0 Å². The third kappa shape index (κ3) is 2.48. The van der Waals surface area contributed by atoms with Crippen molar-refractivity contribution < 1.29 is 0 Å². The van der Waals surface area contributed by atoms with E-state index in [1.165, 1.54) is 9.75 Å². The van der Waals surface area contributed by atoms with Gasteiger partial charge in [0.2, 0.25) is 0 Å². The predicted octanol–water partition coefficient (Wildman–Crippen LogP) is 4.85. The van der Waals surface area contributed by atoms with Crippen LogP contribution in [0.1, 0.15) is 17.8 Å². The van der Waals surface area contributed by atoms with Crippen molar-refractivity contribution in [3.05, 3.63) is 44.7 Å². The van der Waals surface area contributed by atoms with Crippen LogP contribution in [0.3, 0.4) is 0 Å². The molecule has 84 valence electrons. The standard InChI is InChI=1S/C12H11BrClNS/c1-7(15)11-4-5-12(16-11)9-3-2-8(14)6-10(9)13/h2-7H,15H2,1H3. The van der Waals surface area contributed by atoms with Gasteiger partial charge in [0.15, 0.2) is 0 Å². The Morgan fingerprint density at radius 3 is 2.62 bits per heavy atom. The molecule has 2 aromatic rings. The molecule has 1 heterocycles. The van der Waals surface area contributed by atoms with Gasteiger partial charge >= 0.3 is 0 Å². The SMILES string of the molecule is CC(N)c1ccc(-c2ccc(Cl)cc2Br)s1. The van der Waals surface area contributed by atoms with Crippen molar-refractivity contribution in [2.75, 3.05) is 0 Å². The van der Waals surface area contributed by atoms with E-state index in [-0.39, 0.29) is 6.04 Å². The molecule has 2 N–H and O–H groups in total. The van der Waals surface area contributed by atoms with Crippen molar-refractivity contribution in [1.82, 2.24) is 0 Å². The lowest BCUT2D eigenvalue weighted by Crippen LogP contribution is -2.01. The fourth-order valence-electron chi connectivity index (χ4n) is 1.43. The number of hydrogen-bond acceptors (Lipinski definition) is 2. The van der Waals surface area contributed by atoms with Crippen LogP contribution in [0, 0.1) is 0 Å². The van der Waals surface area contributed by atoms with Gasteiger partial charge in [0.1, 0.15) is 0 Å². The van der Waals surface area contributed by atoms with Gasteiger partial charge in [0, 0.05) is 30.9 Å². The van der Waals surface area contributed by atoms with Crippen molar-refractivity contribution in [3.63, 3.8) is 0 Å². The second-order valence-electron chi connectivity index (χ2n) is 3.61. The summed E-state index contributed by atoms with van der Waals surface area (Å²) in [6, 6.07) is 10.1. The molecule has 1 aromatic heterocycles. The van der Waals surface area contributed by atoms with Crippen LogP contribution in [-0.2, 0) is 0 Å². The summed E-state index contributed by atoms with van der Waals surface area (Å²) in [4.78, 5) is 2.40. The molecule has 0 bridgehead atoms. The van der Waals surface area contributed by atoms with Gasteiger partial charge in [0.05, 0.1) is 0 Å². The fraction of sp³-hybridized carbons (Fsp3) is 0.167. The lowest BCUT2D eigenvalue weighted by Gasteiger charge is -2.02. The molecule has 1 aromatic carbocycles. The van der Waals surface area contributed by atoms with Gasteiger partial charge in [-0.3, -0.25) is 0 Å². The van der Waals surface area contributed by atoms with Gasteiger partial charge in [-0.15, -0.1) is 11.3 Å². The van der Waals surface area contributed by atoms with E-state index in [2.05, 4.69) is 28.1 Å². The summed E-state index contributed by atoms with van der Waals surface area (Å²) in [7, 11) is 0. The Balaban J connectivity index is 2.42. The Morgan fingerprint density at radius 1 is 1.31 bits per heavy atom. The molecule has 0 spiro atoms. The lowest BCUT2D eigenvalue weighted by molar-refractivity contribution is 0.838. The summed E-state index contributed by atoms with van der Waals surface area (Å²) in [5, 5.41) is 0.736. The molecule has 16 heavy (non-hydrogen) atoms. The Kier molecular flexibility index (Phi) is 3.70. The van der Waals surface area contributed by atoms with E-state index in [9.17, 15) is 0 Å². The smallest absolute Gasteiger partial charge is 0.0417 e. The second kappa shape index (κ2) is 4.88. The van der Waals surface area contributed by atoms with Gasteiger partial charge in [-0.1, -0.05) is 33.6 Å². The highest BCUT2D eigenvalue weighted by atomic mass is 79.9. The van der Waals surface area contributed by atoms with Crippen LogP contribution in [0.5, 0.6) is 0 Å². The second-order valence-corrected chi connectivity index (χ2v) is 6.02. The Morgan fingerprint density at radius 2 is 2.06 bits per heavy atom. The minimum Gasteiger partial charge on any atom is -0.324 e. The highest BCUT2D eigenvalue weighted by Crippen LogP contribution is 2.36. The number of benzene rings is 1. The zero-order valence-electron chi connectivity index (χ0n) is 8.71. The molecule has 0 saturated heterocycles. The number of rotatable bonds is 2. The third-order valence-corrected chi connectivity index (χ3v) is 4.48. The Hall–Kier alpha value is -0.350. The average Bonchev–Trinajstić information content (AvgIpc) is 2.66. The molecule has 0 aliphatic rings. The maximum Gasteiger partial charge on any atom is 0.0417 e. The number of nitrogens with two attached hydrogens (primary N) is 1. The first-order chi connectivity index (χ1) is 7.58. The number of halogens is 2. The molecule has 1 atom stereocenters.